The number of amides is 1. The number of nitrogens with one attached hydrogen (secondary N) is 1. The molecule has 0 bridgehead atoms. The van der Waals surface area contributed by atoms with E-state index in [1.807, 2.05) is 56.6 Å². The summed E-state index contributed by atoms with van der Waals surface area (Å²) in [6, 6.07) is 21.3. The molecule has 1 atom stereocenters. The molecule has 0 aliphatic carbocycles. The Morgan fingerprint density at radius 3 is 2.43 bits per heavy atom. The maximum Gasteiger partial charge on any atom is 0.251 e. The van der Waals surface area contributed by atoms with Crippen molar-refractivity contribution in [2.75, 3.05) is 20.6 Å². The Labute approximate surface area is 166 Å². The summed E-state index contributed by atoms with van der Waals surface area (Å²) >= 11 is 0. The van der Waals surface area contributed by atoms with Gasteiger partial charge in [-0.05, 0) is 50.0 Å². The number of likely N-dealkylation sites (N-methyl/N-ethyl adjacent to an activating group) is 1. The van der Waals surface area contributed by atoms with Crippen LogP contribution in [0.4, 0.5) is 0 Å². The molecule has 1 unspecified atom stereocenters. The number of carbonyl (C=O) groups is 1. The van der Waals surface area contributed by atoms with Crippen molar-refractivity contribution in [3.8, 4) is 5.75 Å². The Bertz CT molecular complexity index is 865. The summed E-state index contributed by atoms with van der Waals surface area (Å²) in [6.45, 7) is 0.982. The number of rotatable bonds is 8. The zero-order chi connectivity index (χ0) is 19.8. The molecular weight excluding hydrogens is 350 g/mol. The van der Waals surface area contributed by atoms with Crippen molar-refractivity contribution in [3.05, 3.63) is 95.8 Å². The Morgan fingerprint density at radius 2 is 1.79 bits per heavy atom. The quantitative estimate of drug-likeness (QED) is 0.652. The lowest BCUT2D eigenvalue weighted by molar-refractivity contribution is 0.0942. The van der Waals surface area contributed by atoms with Gasteiger partial charge >= 0.3 is 0 Å². The minimum atomic E-state index is -0.0957. The molecule has 0 aliphatic heterocycles. The highest BCUT2D eigenvalue weighted by molar-refractivity contribution is 5.94. The monoisotopic (exact) mass is 375 g/mol. The molecule has 3 rings (SSSR count). The van der Waals surface area contributed by atoms with Crippen molar-refractivity contribution in [1.29, 1.82) is 0 Å². The van der Waals surface area contributed by atoms with Gasteiger partial charge in [0.05, 0.1) is 6.04 Å². The van der Waals surface area contributed by atoms with Gasteiger partial charge < -0.3 is 15.0 Å². The van der Waals surface area contributed by atoms with Crippen molar-refractivity contribution < 1.29 is 9.53 Å². The first-order valence-corrected chi connectivity index (χ1v) is 9.25. The average molecular weight is 375 g/mol. The van der Waals surface area contributed by atoms with Gasteiger partial charge in [0.1, 0.15) is 12.4 Å². The highest BCUT2D eigenvalue weighted by Crippen LogP contribution is 2.18. The van der Waals surface area contributed by atoms with Gasteiger partial charge in [-0.25, -0.2) is 0 Å². The van der Waals surface area contributed by atoms with Gasteiger partial charge in [-0.15, -0.1) is 0 Å². The topological polar surface area (TPSA) is 54.5 Å². The van der Waals surface area contributed by atoms with E-state index in [9.17, 15) is 4.79 Å². The fraction of sp³-hybridized carbons (Fsp3) is 0.217. The Morgan fingerprint density at radius 1 is 1.04 bits per heavy atom. The molecule has 0 fully saturated rings. The minimum absolute atomic E-state index is 0.0957. The van der Waals surface area contributed by atoms with Crippen LogP contribution in [0.3, 0.4) is 0 Å². The number of nitrogens with zero attached hydrogens (tertiary/aromatic N) is 2. The van der Waals surface area contributed by atoms with Crippen molar-refractivity contribution >= 4 is 5.91 Å². The summed E-state index contributed by atoms with van der Waals surface area (Å²) in [4.78, 5) is 18.7. The summed E-state index contributed by atoms with van der Waals surface area (Å²) in [7, 11) is 4.02. The number of carbonyl (C=O) groups excluding carboxylic acids is 1. The van der Waals surface area contributed by atoms with E-state index >= 15 is 0 Å². The van der Waals surface area contributed by atoms with Crippen LogP contribution in [0.2, 0.25) is 0 Å². The highest BCUT2D eigenvalue weighted by Gasteiger charge is 2.15. The molecule has 0 saturated heterocycles. The molecule has 5 nitrogen and oxygen atoms in total. The third kappa shape index (κ3) is 5.41. The van der Waals surface area contributed by atoms with E-state index in [0.717, 1.165) is 11.3 Å². The maximum absolute atomic E-state index is 12.5. The van der Waals surface area contributed by atoms with Gasteiger partial charge in [-0.1, -0.05) is 36.4 Å². The number of aromatic nitrogens is 1. The van der Waals surface area contributed by atoms with E-state index in [-0.39, 0.29) is 11.9 Å². The number of hydrogen-bond acceptors (Lipinski definition) is 4. The molecule has 1 aromatic heterocycles. The molecule has 0 radical (unpaired) electrons. The van der Waals surface area contributed by atoms with Crippen LogP contribution in [0, 0.1) is 0 Å². The van der Waals surface area contributed by atoms with Crippen LogP contribution in [0.5, 0.6) is 5.75 Å². The van der Waals surface area contributed by atoms with E-state index in [1.165, 1.54) is 5.56 Å². The molecule has 0 saturated carbocycles. The van der Waals surface area contributed by atoms with Crippen molar-refractivity contribution in [2.45, 2.75) is 12.6 Å². The average Bonchev–Trinajstić information content (AvgIpc) is 2.74. The first-order chi connectivity index (χ1) is 13.6. The van der Waals surface area contributed by atoms with E-state index in [0.29, 0.717) is 18.7 Å². The summed E-state index contributed by atoms with van der Waals surface area (Å²) in [5, 5.41) is 3.03. The van der Waals surface area contributed by atoms with Crippen LogP contribution in [0.1, 0.15) is 27.5 Å². The van der Waals surface area contributed by atoms with Crippen LogP contribution in [-0.4, -0.2) is 36.4 Å². The SMILES string of the molecule is CN(C)C(CNC(=O)c1ccc(OCc2cccnc2)cc1)c1ccccc1. The van der Waals surface area contributed by atoms with Gasteiger partial charge in [-0.2, -0.15) is 0 Å². The third-order valence-electron chi connectivity index (χ3n) is 4.51. The summed E-state index contributed by atoms with van der Waals surface area (Å²) in [5.74, 6) is 0.623. The van der Waals surface area contributed by atoms with Gasteiger partial charge in [0.15, 0.2) is 0 Å². The summed E-state index contributed by atoms with van der Waals surface area (Å²) in [5.41, 5.74) is 2.78. The first-order valence-electron chi connectivity index (χ1n) is 9.25. The zero-order valence-electron chi connectivity index (χ0n) is 16.2. The summed E-state index contributed by atoms with van der Waals surface area (Å²) < 4.78 is 5.74. The zero-order valence-corrected chi connectivity index (χ0v) is 16.2. The van der Waals surface area contributed by atoms with Crippen molar-refractivity contribution in [2.24, 2.45) is 0 Å². The lowest BCUT2D eigenvalue weighted by Gasteiger charge is -2.25. The van der Waals surface area contributed by atoms with Gasteiger partial charge in [0.2, 0.25) is 0 Å². The number of ether oxygens (including phenoxy) is 1. The van der Waals surface area contributed by atoms with Crippen molar-refractivity contribution in [1.82, 2.24) is 15.2 Å². The van der Waals surface area contributed by atoms with Gasteiger partial charge in [0, 0.05) is 30.1 Å². The number of hydrogen-bond donors (Lipinski definition) is 1. The molecule has 1 amide bonds. The number of pyridine rings is 1. The van der Waals surface area contributed by atoms with E-state index in [2.05, 4.69) is 27.3 Å². The van der Waals surface area contributed by atoms with E-state index < -0.39 is 0 Å². The summed E-state index contributed by atoms with van der Waals surface area (Å²) in [6.07, 6.45) is 3.51. The minimum Gasteiger partial charge on any atom is -0.489 e. The molecule has 3 aromatic rings. The van der Waals surface area contributed by atoms with Gasteiger partial charge in [-0.3, -0.25) is 9.78 Å². The second-order valence-electron chi connectivity index (χ2n) is 6.77. The van der Waals surface area contributed by atoms with E-state index in [4.69, 9.17) is 4.74 Å². The standard InChI is InChI=1S/C23H25N3O2/c1-26(2)22(19-8-4-3-5-9-19)16-25-23(27)20-10-12-21(13-11-20)28-17-18-7-6-14-24-15-18/h3-15,22H,16-17H2,1-2H3,(H,25,27). The fourth-order valence-corrected chi connectivity index (χ4v) is 2.92. The predicted octanol–water partition coefficient (Wildman–Crippen LogP) is 3.69. The largest absolute Gasteiger partial charge is 0.489 e. The normalized spacial score (nSPS) is 11.8. The highest BCUT2D eigenvalue weighted by atomic mass is 16.5. The predicted molar refractivity (Wildman–Crippen MR) is 110 cm³/mol. The van der Waals surface area contributed by atoms with Crippen LogP contribution >= 0.6 is 0 Å². The molecule has 144 valence electrons. The molecule has 5 heteroatoms. The molecule has 0 aliphatic rings. The Hall–Kier alpha value is -3.18. The lowest BCUT2D eigenvalue weighted by Crippen LogP contribution is -2.34. The molecule has 2 aromatic carbocycles. The Kier molecular flexibility index (Phi) is 6.76. The van der Waals surface area contributed by atoms with Crippen LogP contribution in [0.25, 0.3) is 0 Å². The molecule has 1 heterocycles. The van der Waals surface area contributed by atoms with Crippen molar-refractivity contribution in [3.63, 3.8) is 0 Å². The van der Waals surface area contributed by atoms with Gasteiger partial charge in [0.25, 0.3) is 5.91 Å². The van der Waals surface area contributed by atoms with E-state index in [1.54, 1.807) is 24.5 Å². The third-order valence-corrected chi connectivity index (χ3v) is 4.51. The smallest absolute Gasteiger partial charge is 0.251 e. The van der Waals surface area contributed by atoms with Crippen LogP contribution in [-0.2, 0) is 6.61 Å². The van der Waals surface area contributed by atoms with Crippen LogP contribution in [0.15, 0.2) is 79.1 Å². The molecule has 0 spiro atoms. The lowest BCUT2D eigenvalue weighted by atomic mass is 10.1. The first kappa shape index (κ1) is 19.6. The molecular formula is C23H25N3O2. The maximum atomic E-state index is 12.5. The Balaban J connectivity index is 1.55. The van der Waals surface area contributed by atoms with Crippen LogP contribution < -0.4 is 10.1 Å². The fourth-order valence-electron chi connectivity index (χ4n) is 2.92. The second kappa shape index (κ2) is 9.67. The molecule has 28 heavy (non-hydrogen) atoms. The molecule has 1 N–H and O–H groups in total. The number of benzene rings is 2. The second-order valence-corrected chi connectivity index (χ2v) is 6.77.